The second-order valence-electron chi connectivity index (χ2n) is 9.42. The molecule has 2 amide bonds. The molecule has 0 spiro atoms. The number of carbonyl (C=O) groups is 3. The van der Waals surface area contributed by atoms with Crippen LogP contribution in [0.2, 0.25) is 5.02 Å². The summed E-state index contributed by atoms with van der Waals surface area (Å²) in [5, 5.41) is 1.67. The number of H-pyrrole nitrogens is 1. The molecule has 186 valence electrons. The Morgan fingerprint density at radius 2 is 1.76 bits per heavy atom. The zero-order chi connectivity index (χ0) is 25.7. The number of fused-ring (bicyclic) bond motifs is 4. The lowest BCUT2D eigenvalue weighted by molar-refractivity contribution is -0.159. The van der Waals surface area contributed by atoms with Gasteiger partial charge in [0.1, 0.15) is 12.6 Å². The van der Waals surface area contributed by atoms with Gasteiger partial charge < -0.3 is 19.5 Å². The second kappa shape index (κ2) is 9.09. The molecule has 2 aliphatic rings. The molecule has 8 heteroatoms. The van der Waals surface area contributed by atoms with Gasteiger partial charge in [-0.25, -0.2) is 4.79 Å². The van der Waals surface area contributed by atoms with Crippen molar-refractivity contribution in [2.24, 2.45) is 0 Å². The van der Waals surface area contributed by atoms with E-state index in [4.69, 9.17) is 16.3 Å². The third kappa shape index (κ3) is 3.96. The van der Waals surface area contributed by atoms with E-state index in [9.17, 15) is 14.4 Å². The number of esters is 1. The van der Waals surface area contributed by atoms with Gasteiger partial charge in [-0.15, -0.1) is 0 Å². The summed E-state index contributed by atoms with van der Waals surface area (Å²) in [5.41, 5.74) is 5.05. The number of nitrogens with zero attached hydrogens (tertiary/aromatic N) is 2. The Morgan fingerprint density at radius 1 is 1.03 bits per heavy atom. The van der Waals surface area contributed by atoms with Crippen LogP contribution in [0.15, 0.2) is 72.8 Å². The first-order valence-electron chi connectivity index (χ1n) is 12.1. The van der Waals surface area contributed by atoms with E-state index < -0.39 is 18.1 Å². The third-order valence-electron chi connectivity index (χ3n) is 7.28. The maximum Gasteiger partial charge on any atom is 0.337 e. The number of hydrogen-bond acceptors (Lipinski definition) is 4. The van der Waals surface area contributed by atoms with E-state index in [1.807, 2.05) is 48.5 Å². The van der Waals surface area contributed by atoms with Crippen LogP contribution < -0.4 is 0 Å². The first-order chi connectivity index (χ1) is 17.9. The van der Waals surface area contributed by atoms with Crippen molar-refractivity contribution in [3.05, 3.63) is 106 Å². The Bertz CT molecular complexity index is 1530. The second-order valence-corrected chi connectivity index (χ2v) is 9.86. The fourth-order valence-electron chi connectivity index (χ4n) is 5.53. The number of piperazine rings is 1. The molecule has 4 aromatic rings. The summed E-state index contributed by atoms with van der Waals surface area (Å²) in [5.74, 6) is -0.631. The summed E-state index contributed by atoms with van der Waals surface area (Å²) in [7, 11) is 1.34. The van der Waals surface area contributed by atoms with Gasteiger partial charge in [0.2, 0.25) is 11.8 Å². The number of ether oxygens (including phenoxy) is 1. The number of benzene rings is 3. The fraction of sp³-hybridized carbons (Fsp3) is 0.207. The van der Waals surface area contributed by atoms with Crippen LogP contribution in [-0.2, 0) is 27.3 Å². The predicted molar refractivity (Wildman–Crippen MR) is 139 cm³/mol. The lowest BCUT2D eigenvalue weighted by atomic mass is 9.86. The number of para-hydroxylation sites is 1. The topological polar surface area (TPSA) is 82.7 Å². The fourth-order valence-corrected chi connectivity index (χ4v) is 5.66. The van der Waals surface area contributed by atoms with E-state index >= 15 is 0 Å². The van der Waals surface area contributed by atoms with Gasteiger partial charge in [0, 0.05) is 34.6 Å². The highest BCUT2D eigenvalue weighted by molar-refractivity contribution is 6.30. The highest BCUT2D eigenvalue weighted by Gasteiger charge is 2.48. The lowest BCUT2D eigenvalue weighted by Crippen LogP contribution is -2.62. The van der Waals surface area contributed by atoms with Gasteiger partial charge in [-0.2, -0.15) is 0 Å². The minimum atomic E-state index is -0.634. The van der Waals surface area contributed by atoms with Crippen molar-refractivity contribution in [2.75, 3.05) is 13.7 Å². The zero-order valence-electron chi connectivity index (χ0n) is 20.1. The third-order valence-corrected chi connectivity index (χ3v) is 7.53. The van der Waals surface area contributed by atoms with Crippen LogP contribution in [0.5, 0.6) is 0 Å². The van der Waals surface area contributed by atoms with Crippen molar-refractivity contribution in [3.63, 3.8) is 0 Å². The van der Waals surface area contributed by atoms with Crippen LogP contribution in [0.1, 0.15) is 38.8 Å². The lowest BCUT2D eigenvalue weighted by Gasteiger charge is -2.47. The minimum Gasteiger partial charge on any atom is -0.465 e. The molecule has 3 heterocycles. The number of hydrogen-bond donors (Lipinski definition) is 1. The van der Waals surface area contributed by atoms with Crippen molar-refractivity contribution < 1.29 is 19.1 Å². The van der Waals surface area contributed by atoms with Gasteiger partial charge in [0.25, 0.3) is 0 Å². The van der Waals surface area contributed by atoms with Crippen molar-refractivity contribution in [3.8, 4) is 0 Å². The maximum atomic E-state index is 13.8. The molecule has 0 bridgehead atoms. The SMILES string of the molecule is COC(=O)c1ccc(C2c3[nH]c4ccccc4c3C[C@@H]3C(=O)N(Cc4ccc(Cl)cc4)CC(=O)N23)cc1. The van der Waals surface area contributed by atoms with E-state index in [-0.39, 0.29) is 18.4 Å². The summed E-state index contributed by atoms with van der Waals surface area (Å²) < 4.78 is 4.83. The van der Waals surface area contributed by atoms with E-state index in [2.05, 4.69) is 4.98 Å². The van der Waals surface area contributed by atoms with Crippen LogP contribution in [0.3, 0.4) is 0 Å². The zero-order valence-corrected chi connectivity index (χ0v) is 20.9. The first-order valence-corrected chi connectivity index (χ1v) is 12.4. The summed E-state index contributed by atoms with van der Waals surface area (Å²) in [6.07, 6.45) is 0.428. The molecule has 37 heavy (non-hydrogen) atoms. The van der Waals surface area contributed by atoms with Gasteiger partial charge in [-0.3, -0.25) is 9.59 Å². The highest BCUT2D eigenvalue weighted by atomic mass is 35.5. The van der Waals surface area contributed by atoms with Crippen molar-refractivity contribution in [1.29, 1.82) is 0 Å². The Hall–Kier alpha value is -4.10. The average molecular weight is 514 g/mol. The number of halogens is 1. The standard InChI is InChI=1S/C29H24ClN3O4/c1-37-29(36)19-10-8-18(9-11-19)27-26-22(21-4-2-3-5-23(21)31-26)14-24-28(35)32(16-25(34)33(24)27)15-17-6-12-20(30)13-7-17/h2-13,24,27,31H,14-16H2,1H3/t24-,27?/m1/s1. The average Bonchev–Trinajstić information content (AvgIpc) is 3.29. The van der Waals surface area contributed by atoms with E-state index in [1.54, 1.807) is 34.1 Å². The van der Waals surface area contributed by atoms with Gasteiger partial charge in [0.05, 0.1) is 18.7 Å². The molecule has 1 unspecified atom stereocenters. The summed E-state index contributed by atoms with van der Waals surface area (Å²) in [6.45, 7) is 0.329. The number of amides is 2. The normalized spacial score (nSPS) is 19.1. The Morgan fingerprint density at radius 3 is 2.49 bits per heavy atom. The first kappa shape index (κ1) is 23.3. The molecule has 0 aliphatic carbocycles. The smallest absolute Gasteiger partial charge is 0.337 e. The molecule has 0 saturated carbocycles. The molecule has 2 atom stereocenters. The number of aromatic nitrogens is 1. The quantitative estimate of drug-likeness (QED) is 0.407. The molecule has 1 fully saturated rings. The van der Waals surface area contributed by atoms with Crippen molar-refractivity contribution in [2.45, 2.75) is 25.0 Å². The number of aromatic amines is 1. The monoisotopic (exact) mass is 513 g/mol. The molecular weight excluding hydrogens is 490 g/mol. The van der Waals surface area contributed by atoms with E-state index in [1.165, 1.54) is 7.11 Å². The number of rotatable bonds is 4. The Kier molecular flexibility index (Phi) is 5.72. The number of methoxy groups -OCH3 is 1. The van der Waals surface area contributed by atoms with Gasteiger partial charge >= 0.3 is 5.97 Å². The highest BCUT2D eigenvalue weighted by Crippen LogP contribution is 2.42. The predicted octanol–water partition coefficient (Wildman–Crippen LogP) is 4.49. The molecule has 1 N–H and O–H groups in total. The van der Waals surface area contributed by atoms with Crippen molar-refractivity contribution in [1.82, 2.24) is 14.8 Å². The Labute approximate surface area is 218 Å². The van der Waals surface area contributed by atoms with Crippen LogP contribution >= 0.6 is 11.6 Å². The molecule has 2 aliphatic heterocycles. The maximum absolute atomic E-state index is 13.8. The molecule has 3 aromatic carbocycles. The van der Waals surface area contributed by atoms with Crippen LogP contribution in [0, 0.1) is 0 Å². The summed E-state index contributed by atoms with van der Waals surface area (Å²) in [4.78, 5) is 46.4. The van der Waals surface area contributed by atoms with Crippen LogP contribution in [-0.4, -0.2) is 52.3 Å². The molecular formula is C29H24ClN3O4. The number of nitrogens with one attached hydrogen (secondary N) is 1. The molecule has 7 nitrogen and oxygen atoms in total. The largest absolute Gasteiger partial charge is 0.465 e. The van der Waals surface area contributed by atoms with E-state index in [0.29, 0.717) is 23.6 Å². The summed E-state index contributed by atoms with van der Waals surface area (Å²) in [6, 6.07) is 21.2. The van der Waals surface area contributed by atoms with Crippen LogP contribution in [0.4, 0.5) is 0 Å². The molecule has 6 rings (SSSR count). The van der Waals surface area contributed by atoms with Crippen molar-refractivity contribution >= 4 is 40.3 Å². The van der Waals surface area contributed by atoms with E-state index in [0.717, 1.165) is 33.3 Å². The van der Waals surface area contributed by atoms with Gasteiger partial charge in [-0.1, -0.05) is 54.1 Å². The Balaban J connectivity index is 1.42. The molecule has 1 saturated heterocycles. The summed E-state index contributed by atoms with van der Waals surface area (Å²) >= 11 is 6.02. The minimum absolute atomic E-state index is 0.00966. The molecule has 1 aromatic heterocycles. The van der Waals surface area contributed by atoms with Gasteiger partial charge in [-0.05, 0) is 47.0 Å². The molecule has 0 radical (unpaired) electrons. The van der Waals surface area contributed by atoms with Gasteiger partial charge in [0.15, 0.2) is 0 Å². The number of carbonyl (C=O) groups excluding carboxylic acids is 3. The van der Waals surface area contributed by atoms with Crippen LogP contribution in [0.25, 0.3) is 10.9 Å².